The van der Waals surface area contributed by atoms with E-state index >= 15 is 0 Å². The maximum Gasteiger partial charge on any atom is 1.00 e. The van der Waals surface area contributed by atoms with Crippen LogP contribution in [0.2, 0.25) is 0 Å². The van der Waals surface area contributed by atoms with Gasteiger partial charge in [0.2, 0.25) is 0 Å². The molecule has 0 saturated carbocycles. The summed E-state index contributed by atoms with van der Waals surface area (Å²) in [6.45, 7) is 2.98. The Morgan fingerprint density at radius 1 is 1.83 bits per heavy atom. The summed E-state index contributed by atoms with van der Waals surface area (Å²) in [5, 5.41) is 0. The van der Waals surface area contributed by atoms with E-state index in [1.807, 2.05) is 0 Å². The molecule has 0 amide bonds. The minimum absolute atomic E-state index is 0. The van der Waals surface area contributed by atoms with E-state index in [1.54, 1.807) is 0 Å². The third kappa shape index (κ3) is 8.96. The monoisotopic (exact) mass is 126 g/mol. The molecule has 6 heavy (non-hydrogen) atoms. The van der Waals surface area contributed by atoms with Gasteiger partial charge in [-0.3, -0.25) is 0 Å². The van der Waals surface area contributed by atoms with Crippen molar-refractivity contribution in [1.82, 2.24) is 0 Å². The van der Waals surface area contributed by atoms with Gasteiger partial charge in [-0.25, -0.2) is 0 Å². The Kier molecular flexibility index (Phi) is 10.6. The summed E-state index contributed by atoms with van der Waals surface area (Å²) in [4.78, 5) is 9.32. The van der Waals surface area contributed by atoms with Gasteiger partial charge in [0, 0.05) is 0 Å². The zero-order chi connectivity index (χ0) is 4.28. The average molecular weight is 126 g/mol. The van der Waals surface area contributed by atoms with Gasteiger partial charge in [-0.1, -0.05) is 5.70 Å². The zero-order valence-corrected chi connectivity index (χ0v) is 7.72. The summed E-state index contributed by atoms with van der Waals surface area (Å²) in [5.41, 5.74) is 0.907. The normalized spacial score (nSPS) is 5.33. The molecule has 0 aromatic carbocycles. The molecule has 0 fully saturated rings. The van der Waals surface area contributed by atoms with Crippen molar-refractivity contribution in [3.8, 4) is 0 Å². The van der Waals surface area contributed by atoms with Crippen LogP contribution in [0.4, 0.5) is 0 Å². The Labute approximate surface area is 80.5 Å². The molecule has 0 aromatic heterocycles. The summed E-state index contributed by atoms with van der Waals surface area (Å²) in [7, 11) is -2.61. The minimum Gasteiger partial charge on any atom is -0.582 e. The Hall–Kier alpha value is 1.19. The molecule has 0 unspecified atom stereocenters. The third-order valence-electron chi connectivity index (χ3n) is 0.167. The Morgan fingerprint density at radius 2 is 2.00 bits per heavy atom. The standard InChI is InChI=1S/C2H3O2Si.K/c1-2-5(3)4;/h2H,1H2;/q-1;+1. The van der Waals surface area contributed by atoms with Gasteiger partial charge in [0.15, 0.2) is 8.93 Å². The van der Waals surface area contributed by atoms with Crippen molar-refractivity contribution in [2.24, 2.45) is 0 Å². The fourth-order valence-electron chi connectivity index (χ4n) is 0. The van der Waals surface area contributed by atoms with E-state index in [9.17, 15) is 9.26 Å². The van der Waals surface area contributed by atoms with Crippen LogP contribution in [0.5, 0.6) is 0 Å². The van der Waals surface area contributed by atoms with Gasteiger partial charge in [0.1, 0.15) is 0 Å². The SMILES string of the molecule is C=C[Si](=O)[O-].[K+]. The van der Waals surface area contributed by atoms with Crippen molar-refractivity contribution in [2.45, 2.75) is 0 Å². The van der Waals surface area contributed by atoms with Crippen LogP contribution in [0.1, 0.15) is 0 Å². The topological polar surface area (TPSA) is 40.1 Å². The minimum atomic E-state index is -2.61. The first-order chi connectivity index (χ1) is 2.27. The van der Waals surface area contributed by atoms with E-state index < -0.39 is 8.93 Å². The van der Waals surface area contributed by atoms with E-state index in [0.29, 0.717) is 0 Å². The van der Waals surface area contributed by atoms with Crippen LogP contribution in [-0.4, -0.2) is 8.93 Å². The van der Waals surface area contributed by atoms with Crippen LogP contribution in [0.3, 0.4) is 0 Å². The van der Waals surface area contributed by atoms with E-state index in [4.69, 9.17) is 0 Å². The van der Waals surface area contributed by atoms with E-state index in [0.717, 1.165) is 5.70 Å². The molecule has 0 aliphatic heterocycles. The molecule has 0 bridgehead atoms. The number of rotatable bonds is 1. The van der Waals surface area contributed by atoms with Crippen molar-refractivity contribution < 1.29 is 60.6 Å². The Balaban J connectivity index is 0. The summed E-state index contributed by atoms with van der Waals surface area (Å²) < 4.78 is 9.32. The molecule has 4 heteroatoms. The third-order valence-corrected chi connectivity index (χ3v) is 0.500. The Morgan fingerprint density at radius 3 is 2.00 bits per heavy atom. The first-order valence-electron chi connectivity index (χ1n) is 1.11. The molecule has 0 aliphatic rings. The maximum atomic E-state index is 9.32. The molecule has 0 spiro atoms. The molecule has 0 heterocycles. The molecule has 0 atom stereocenters. The fourth-order valence-corrected chi connectivity index (χ4v) is 0. The van der Waals surface area contributed by atoms with Gasteiger partial charge >= 0.3 is 51.4 Å². The largest absolute Gasteiger partial charge is 1.00 e. The fraction of sp³-hybridized carbons (Fsp3) is 0. The molecular formula is C2H3KO2Si. The van der Waals surface area contributed by atoms with Crippen molar-refractivity contribution >= 4 is 8.93 Å². The summed E-state index contributed by atoms with van der Waals surface area (Å²) >= 11 is 0. The summed E-state index contributed by atoms with van der Waals surface area (Å²) in [6, 6.07) is 0. The summed E-state index contributed by atoms with van der Waals surface area (Å²) in [5.74, 6) is 0. The molecule has 28 valence electrons. The molecule has 0 radical (unpaired) electrons. The molecule has 0 aromatic rings. The average Bonchev–Trinajstić information content (AvgIpc) is 1.38. The smallest absolute Gasteiger partial charge is 0.582 e. The summed E-state index contributed by atoms with van der Waals surface area (Å²) in [6.07, 6.45) is 0. The van der Waals surface area contributed by atoms with Gasteiger partial charge in [-0.2, -0.15) is 0 Å². The Bertz CT molecular complexity index is 62.6. The van der Waals surface area contributed by atoms with Crippen LogP contribution >= 0.6 is 0 Å². The van der Waals surface area contributed by atoms with Crippen LogP contribution in [-0.2, 0) is 4.46 Å². The van der Waals surface area contributed by atoms with E-state index in [1.165, 1.54) is 0 Å². The first kappa shape index (κ1) is 10.2. The van der Waals surface area contributed by atoms with Gasteiger partial charge in [0.05, 0.1) is 0 Å². The van der Waals surface area contributed by atoms with Crippen molar-refractivity contribution in [2.75, 3.05) is 0 Å². The molecule has 0 rings (SSSR count). The first-order valence-corrected chi connectivity index (χ1v) is 2.50. The molecular weight excluding hydrogens is 123 g/mol. The van der Waals surface area contributed by atoms with Crippen LogP contribution in [0.15, 0.2) is 12.3 Å². The molecule has 0 N–H and O–H groups in total. The predicted molar refractivity (Wildman–Crippen MR) is 16.6 cm³/mol. The van der Waals surface area contributed by atoms with Gasteiger partial charge < -0.3 is 9.26 Å². The van der Waals surface area contributed by atoms with Crippen molar-refractivity contribution in [1.29, 1.82) is 0 Å². The molecule has 0 aliphatic carbocycles. The van der Waals surface area contributed by atoms with Gasteiger partial charge in [0.25, 0.3) is 0 Å². The quantitative estimate of drug-likeness (QED) is 0.336. The zero-order valence-electron chi connectivity index (χ0n) is 3.60. The molecule has 2 nitrogen and oxygen atoms in total. The van der Waals surface area contributed by atoms with E-state index in [-0.39, 0.29) is 51.4 Å². The second kappa shape index (κ2) is 6.19. The van der Waals surface area contributed by atoms with Crippen molar-refractivity contribution in [3.05, 3.63) is 12.3 Å². The van der Waals surface area contributed by atoms with Crippen LogP contribution < -0.4 is 56.2 Å². The second-order valence-electron chi connectivity index (χ2n) is 0.523. The van der Waals surface area contributed by atoms with E-state index in [2.05, 4.69) is 6.58 Å². The number of hydrogen-bond donors (Lipinski definition) is 0. The maximum absolute atomic E-state index is 9.32. The number of hydrogen-bond acceptors (Lipinski definition) is 2. The van der Waals surface area contributed by atoms with Gasteiger partial charge in [-0.15, -0.1) is 6.58 Å². The predicted octanol–water partition coefficient (Wildman–Crippen LogP) is -4.01. The van der Waals surface area contributed by atoms with Crippen LogP contribution in [0, 0.1) is 0 Å². The van der Waals surface area contributed by atoms with Crippen LogP contribution in [0.25, 0.3) is 0 Å². The van der Waals surface area contributed by atoms with Crippen molar-refractivity contribution in [3.63, 3.8) is 0 Å². The van der Waals surface area contributed by atoms with Gasteiger partial charge in [-0.05, 0) is 0 Å². The molecule has 0 saturated heterocycles. The second-order valence-corrected chi connectivity index (χ2v) is 1.57.